The van der Waals surface area contributed by atoms with Crippen molar-refractivity contribution in [1.29, 1.82) is 0 Å². The van der Waals surface area contributed by atoms with Gasteiger partial charge in [0.25, 0.3) is 5.91 Å². The Kier molecular flexibility index (Phi) is 2.30. The molecule has 3 aromatic heterocycles. The number of nitrogens with one attached hydrogen (secondary N) is 2. The van der Waals surface area contributed by atoms with Gasteiger partial charge < -0.3 is 4.40 Å². The Hall–Kier alpha value is -2.70. The maximum absolute atomic E-state index is 12.0. The number of H-pyrrole nitrogens is 1. The van der Waals surface area contributed by atoms with Gasteiger partial charge in [-0.1, -0.05) is 0 Å². The zero-order chi connectivity index (χ0) is 12.5. The van der Waals surface area contributed by atoms with E-state index < -0.39 is 0 Å². The minimum Gasteiger partial charge on any atom is -0.306 e. The van der Waals surface area contributed by atoms with Crippen LogP contribution in [0.2, 0.25) is 0 Å². The predicted octanol–water partition coefficient (Wildman–Crippen LogP) is 1.01. The largest absolute Gasteiger partial charge is 0.306 e. The van der Waals surface area contributed by atoms with Crippen LogP contribution in [0.1, 0.15) is 16.2 Å². The van der Waals surface area contributed by atoms with E-state index in [1.165, 1.54) is 0 Å². The van der Waals surface area contributed by atoms with Crippen LogP contribution in [0.3, 0.4) is 0 Å². The van der Waals surface area contributed by atoms with Crippen LogP contribution in [0.4, 0.5) is 5.95 Å². The molecule has 0 saturated heterocycles. The lowest BCUT2D eigenvalue weighted by atomic mass is 10.2. The molecule has 0 radical (unpaired) electrons. The van der Waals surface area contributed by atoms with E-state index in [0.717, 1.165) is 5.65 Å². The van der Waals surface area contributed by atoms with Crippen LogP contribution in [0.15, 0.2) is 30.7 Å². The predicted molar refractivity (Wildman–Crippen MR) is 64.3 cm³/mol. The third-order valence-corrected chi connectivity index (χ3v) is 2.47. The van der Waals surface area contributed by atoms with Crippen molar-refractivity contribution in [3.8, 4) is 0 Å². The monoisotopic (exact) mass is 242 g/mol. The molecule has 0 aliphatic carbocycles. The summed E-state index contributed by atoms with van der Waals surface area (Å²) in [5.41, 5.74) is 1.31. The summed E-state index contributed by atoms with van der Waals surface area (Å²) in [5, 5.41) is 9.12. The second-order valence-corrected chi connectivity index (χ2v) is 3.81. The Labute approximate surface area is 102 Å². The maximum atomic E-state index is 12.0. The molecular weight excluding hydrogens is 232 g/mol. The molecule has 3 aromatic rings. The van der Waals surface area contributed by atoms with Crippen LogP contribution >= 0.6 is 0 Å². The highest BCUT2D eigenvalue weighted by Crippen LogP contribution is 2.07. The average molecular weight is 242 g/mol. The summed E-state index contributed by atoms with van der Waals surface area (Å²) in [6, 6.07) is 3.48. The van der Waals surface area contributed by atoms with Gasteiger partial charge in [0.1, 0.15) is 11.5 Å². The van der Waals surface area contributed by atoms with Crippen molar-refractivity contribution in [1.82, 2.24) is 24.6 Å². The molecule has 7 heteroatoms. The first-order valence-electron chi connectivity index (χ1n) is 5.35. The molecule has 0 aliphatic rings. The number of aromatic nitrogens is 5. The van der Waals surface area contributed by atoms with Crippen molar-refractivity contribution in [3.63, 3.8) is 0 Å². The van der Waals surface area contributed by atoms with E-state index in [9.17, 15) is 4.79 Å². The van der Waals surface area contributed by atoms with E-state index in [4.69, 9.17) is 0 Å². The average Bonchev–Trinajstić information content (AvgIpc) is 2.96. The molecule has 0 bridgehead atoms. The minimum atomic E-state index is -0.260. The Morgan fingerprint density at radius 3 is 3.11 bits per heavy atom. The van der Waals surface area contributed by atoms with E-state index in [1.54, 1.807) is 42.0 Å². The first kappa shape index (κ1) is 10.5. The number of carbonyl (C=O) groups excluding carboxylic acids is 1. The Balaban J connectivity index is 1.87. The first-order chi connectivity index (χ1) is 8.72. The summed E-state index contributed by atoms with van der Waals surface area (Å²) >= 11 is 0. The number of anilines is 1. The Morgan fingerprint density at radius 2 is 2.33 bits per heavy atom. The van der Waals surface area contributed by atoms with Crippen molar-refractivity contribution in [2.24, 2.45) is 0 Å². The van der Waals surface area contributed by atoms with E-state index in [1.807, 2.05) is 0 Å². The highest BCUT2D eigenvalue weighted by molar-refractivity contribution is 6.03. The van der Waals surface area contributed by atoms with E-state index in [2.05, 4.69) is 25.5 Å². The van der Waals surface area contributed by atoms with Gasteiger partial charge in [-0.2, -0.15) is 4.98 Å². The van der Waals surface area contributed by atoms with Gasteiger partial charge in [0.2, 0.25) is 5.95 Å². The zero-order valence-corrected chi connectivity index (χ0v) is 9.58. The summed E-state index contributed by atoms with van der Waals surface area (Å²) in [6.45, 7) is 1.76. The second kappa shape index (κ2) is 3.95. The summed E-state index contributed by atoms with van der Waals surface area (Å²) in [5.74, 6) is 0.656. The van der Waals surface area contributed by atoms with Gasteiger partial charge in [0.15, 0.2) is 0 Å². The molecule has 3 heterocycles. The fourth-order valence-corrected chi connectivity index (χ4v) is 1.63. The van der Waals surface area contributed by atoms with Gasteiger partial charge in [0.05, 0.1) is 5.56 Å². The number of hydrogen-bond acceptors (Lipinski definition) is 4. The zero-order valence-electron chi connectivity index (χ0n) is 9.58. The molecule has 0 unspecified atom stereocenters. The van der Waals surface area contributed by atoms with Crippen LogP contribution in [0.5, 0.6) is 0 Å². The lowest BCUT2D eigenvalue weighted by Gasteiger charge is -2.01. The van der Waals surface area contributed by atoms with Crippen molar-refractivity contribution in [2.75, 3.05) is 5.32 Å². The van der Waals surface area contributed by atoms with Gasteiger partial charge in [0, 0.05) is 18.6 Å². The molecule has 0 atom stereocenters. The highest BCUT2D eigenvalue weighted by Gasteiger charge is 2.09. The number of aromatic amines is 1. The van der Waals surface area contributed by atoms with Gasteiger partial charge in [-0.05, 0) is 19.1 Å². The van der Waals surface area contributed by atoms with Crippen molar-refractivity contribution in [2.45, 2.75) is 6.92 Å². The summed E-state index contributed by atoms with van der Waals surface area (Å²) < 4.78 is 1.78. The third kappa shape index (κ3) is 1.81. The normalized spacial score (nSPS) is 10.7. The number of pyridine rings is 1. The molecule has 0 saturated carbocycles. The number of imidazole rings is 1. The first-order valence-corrected chi connectivity index (χ1v) is 5.35. The number of aryl methyl sites for hydroxylation is 1. The van der Waals surface area contributed by atoms with Crippen LogP contribution in [0, 0.1) is 6.92 Å². The molecule has 7 nitrogen and oxygen atoms in total. The van der Waals surface area contributed by atoms with Gasteiger partial charge >= 0.3 is 0 Å². The topological polar surface area (TPSA) is 88.0 Å². The van der Waals surface area contributed by atoms with Crippen LogP contribution < -0.4 is 5.32 Å². The molecule has 0 aliphatic heterocycles. The van der Waals surface area contributed by atoms with Crippen molar-refractivity contribution >= 4 is 17.5 Å². The smallest absolute Gasteiger partial charge is 0.259 e. The highest BCUT2D eigenvalue weighted by atomic mass is 16.1. The number of nitrogens with zero attached hydrogens (tertiary/aromatic N) is 4. The van der Waals surface area contributed by atoms with Gasteiger partial charge in [-0.15, -0.1) is 5.10 Å². The standard InChI is InChI=1S/C11H10N6O/c1-7-13-11(16-15-7)14-10(18)8-2-3-9-12-4-5-17(9)6-8/h2-6H,1H3,(H2,13,14,15,16,18). The molecule has 90 valence electrons. The van der Waals surface area contributed by atoms with E-state index >= 15 is 0 Å². The van der Waals surface area contributed by atoms with Crippen molar-refractivity contribution < 1.29 is 4.79 Å². The number of rotatable bonds is 2. The Morgan fingerprint density at radius 1 is 1.44 bits per heavy atom. The van der Waals surface area contributed by atoms with Crippen molar-refractivity contribution in [3.05, 3.63) is 42.1 Å². The van der Waals surface area contributed by atoms with E-state index in [-0.39, 0.29) is 11.9 Å². The van der Waals surface area contributed by atoms with Gasteiger partial charge in [-0.25, -0.2) is 4.98 Å². The van der Waals surface area contributed by atoms with Crippen LogP contribution in [-0.2, 0) is 0 Å². The quantitative estimate of drug-likeness (QED) is 0.702. The van der Waals surface area contributed by atoms with Crippen LogP contribution in [0.25, 0.3) is 5.65 Å². The van der Waals surface area contributed by atoms with E-state index in [0.29, 0.717) is 11.4 Å². The lowest BCUT2D eigenvalue weighted by molar-refractivity contribution is 0.102. The summed E-state index contributed by atoms with van der Waals surface area (Å²) in [4.78, 5) is 20.1. The molecule has 0 aromatic carbocycles. The van der Waals surface area contributed by atoms with Gasteiger partial charge in [-0.3, -0.25) is 15.2 Å². The third-order valence-electron chi connectivity index (χ3n) is 2.47. The fourth-order valence-electron chi connectivity index (χ4n) is 1.63. The second-order valence-electron chi connectivity index (χ2n) is 3.81. The molecule has 3 rings (SSSR count). The number of hydrogen-bond donors (Lipinski definition) is 2. The SMILES string of the molecule is Cc1nc(NC(=O)c2ccc3nccn3c2)n[nH]1. The number of carbonyl (C=O) groups is 1. The minimum absolute atomic E-state index is 0.260. The molecular formula is C11H10N6O. The Bertz CT molecular complexity index is 713. The lowest BCUT2D eigenvalue weighted by Crippen LogP contribution is -2.13. The van der Waals surface area contributed by atoms with Crippen LogP contribution in [-0.4, -0.2) is 30.5 Å². The molecule has 0 spiro atoms. The number of fused-ring (bicyclic) bond motifs is 1. The number of amides is 1. The summed E-state index contributed by atoms with van der Waals surface area (Å²) in [6.07, 6.45) is 5.16. The molecule has 1 amide bonds. The molecule has 18 heavy (non-hydrogen) atoms. The molecule has 2 N–H and O–H groups in total. The maximum Gasteiger partial charge on any atom is 0.259 e. The summed E-state index contributed by atoms with van der Waals surface area (Å²) in [7, 11) is 0. The fraction of sp³-hybridized carbons (Fsp3) is 0.0909. The molecule has 0 fully saturated rings.